The Morgan fingerprint density at radius 1 is 1.42 bits per heavy atom. The number of hydrogen-bond donors (Lipinski definition) is 0. The molecule has 0 N–H and O–H groups in total. The van der Waals surface area contributed by atoms with E-state index in [0.717, 1.165) is 23.9 Å². The van der Waals surface area contributed by atoms with Crippen LogP contribution in [0.3, 0.4) is 0 Å². The second-order valence-electron chi connectivity index (χ2n) is 4.36. The molecule has 0 saturated carbocycles. The molecule has 0 aromatic carbocycles. The summed E-state index contributed by atoms with van der Waals surface area (Å²) in [6, 6.07) is 0. The van der Waals surface area contributed by atoms with E-state index in [-0.39, 0.29) is 5.97 Å². The molecule has 0 bridgehead atoms. The van der Waals surface area contributed by atoms with Gasteiger partial charge in [0, 0.05) is 24.9 Å². The second-order valence-corrected chi connectivity index (χ2v) is 5.20. The van der Waals surface area contributed by atoms with Crippen LogP contribution in [0.2, 0.25) is 0 Å². The lowest BCUT2D eigenvalue weighted by molar-refractivity contribution is -0.143. The van der Waals surface area contributed by atoms with Crippen molar-refractivity contribution in [3.63, 3.8) is 0 Å². The fourth-order valence-electron chi connectivity index (χ4n) is 1.76. The first kappa shape index (κ1) is 16.0. The van der Waals surface area contributed by atoms with Crippen LogP contribution in [-0.4, -0.2) is 30.6 Å². The molecule has 0 spiro atoms. The Morgan fingerprint density at radius 3 is 2.84 bits per heavy atom. The fourth-order valence-corrected chi connectivity index (χ4v) is 2.71. The van der Waals surface area contributed by atoms with E-state index in [1.54, 1.807) is 11.3 Å². The predicted octanol–water partition coefficient (Wildman–Crippen LogP) is 3.27. The number of rotatable bonds is 9. The molecule has 5 heteroatoms. The highest BCUT2D eigenvalue weighted by molar-refractivity contribution is 7.13. The third kappa shape index (κ3) is 5.59. The molecule has 1 rings (SSSR count). The molecule has 108 valence electrons. The van der Waals surface area contributed by atoms with Gasteiger partial charge in [0.05, 0.1) is 18.7 Å². The summed E-state index contributed by atoms with van der Waals surface area (Å²) in [4.78, 5) is 18.2. The van der Waals surface area contributed by atoms with Gasteiger partial charge in [-0.25, -0.2) is 4.98 Å². The summed E-state index contributed by atoms with van der Waals surface area (Å²) in [6.07, 6.45) is 3.46. The standard InChI is InChI=1S/C14H24N2O2S/c1-4-7-10-16(5-2)14-15-12(11-19-14)8-9-13(17)18-6-3/h11H,4-10H2,1-3H3. The molecule has 0 amide bonds. The van der Waals surface area contributed by atoms with E-state index in [1.165, 1.54) is 12.8 Å². The summed E-state index contributed by atoms with van der Waals surface area (Å²) in [5.74, 6) is -0.143. The van der Waals surface area contributed by atoms with Crippen LogP contribution in [0.5, 0.6) is 0 Å². The number of esters is 1. The van der Waals surface area contributed by atoms with Crippen LogP contribution in [-0.2, 0) is 16.0 Å². The number of aromatic nitrogens is 1. The number of anilines is 1. The van der Waals surface area contributed by atoms with E-state index < -0.39 is 0 Å². The minimum absolute atomic E-state index is 0.143. The van der Waals surface area contributed by atoms with Gasteiger partial charge in [0.25, 0.3) is 0 Å². The normalized spacial score (nSPS) is 10.5. The Balaban J connectivity index is 2.48. The van der Waals surface area contributed by atoms with Crippen molar-refractivity contribution < 1.29 is 9.53 Å². The lowest BCUT2D eigenvalue weighted by Crippen LogP contribution is -2.23. The quantitative estimate of drug-likeness (QED) is 0.653. The summed E-state index contributed by atoms with van der Waals surface area (Å²) < 4.78 is 4.92. The van der Waals surface area contributed by atoms with Gasteiger partial charge in [0.15, 0.2) is 5.13 Å². The molecule has 0 aliphatic heterocycles. The Bertz CT molecular complexity index is 379. The highest BCUT2D eigenvalue weighted by Crippen LogP contribution is 2.21. The largest absolute Gasteiger partial charge is 0.466 e. The number of carbonyl (C=O) groups excluding carboxylic acids is 1. The molecule has 19 heavy (non-hydrogen) atoms. The summed E-state index contributed by atoms with van der Waals surface area (Å²) in [7, 11) is 0. The van der Waals surface area contributed by atoms with E-state index in [2.05, 4.69) is 23.7 Å². The smallest absolute Gasteiger partial charge is 0.306 e. The number of thiazole rings is 1. The minimum Gasteiger partial charge on any atom is -0.466 e. The molecule has 1 aromatic rings. The predicted molar refractivity (Wildman–Crippen MR) is 79.9 cm³/mol. The van der Waals surface area contributed by atoms with Crippen LogP contribution in [0, 0.1) is 0 Å². The molecule has 0 fully saturated rings. The molecule has 1 aromatic heterocycles. The topological polar surface area (TPSA) is 42.4 Å². The molecular weight excluding hydrogens is 260 g/mol. The maximum Gasteiger partial charge on any atom is 0.306 e. The maximum atomic E-state index is 11.3. The average Bonchev–Trinajstić information content (AvgIpc) is 2.86. The van der Waals surface area contributed by atoms with Crippen molar-refractivity contribution in [3.05, 3.63) is 11.1 Å². The molecule has 0 radical (unpaired) electrons. The van der Waals surface area contributed by atoms with Gasteiger partial charge in [-0.1, -0.05) is 13.3 Å². The van der Waals surface area contributed by atoms with Gasteiger partial charge in [-0.2, -0.15) is 0 Å². The number of unbranched alkanes of at least 4 members (excludes halogenated alkanes) is 1. The fraction of sp³-hybridized carbons (Fsp3) is 0.714. The van der Waals surface area contributed by atoms with Gasteiger partial charge in [-0.3, -0.25) is 4.79 Å². The number of carbonyl (C=O) groups is 1. The zero-order chi connectivity index (χ0) is 14.1. The highest BCUT2D eigenvalue weighted by atomic mass is 32.1. The van der Waals surface area contributed by atoms with Crippen molar-refractivity contribution in [1.82, 2.24) is 4.98 Å². The number of aryl methyl sites for hydroxylation is 1. The van der Waals surface area contributed by atoms with Crippen LogP contribution >= 0.6 is 11.3 Å². The first-order valence-electron chi connectivity index (χ1n) is 7.06. The zero-order valence-electron chi connectivity index (χ0n) is 12.1. The van der Waals surface area contributed by atoms with Crippen molar-refractivity contribution in [3.8, 4) is 0 Å². The Hall–Kier alpha value is -1.10. The van der Waals surface area contributed by atoms with E-state index in [1.807, 2.05) is 12.3 Å². The molecule has 0 aliphatic rings. The van der Waals surface area contributed by atoms with E-state index in [4.69, 9.17) is 4.74 Å². The Labute approximate surface area is 119 Å². The maximum absolute atomic E-state index is 11.3. The van der Waals surface area contributed by atoms with Crippen LogP contribution in [0.4, 0.5) is 5.13 Å². The highest BCUT2D eigenvalue weighted by Gasteiger charge is 2.10. The summed E-state index contributed by atoms with van der Waals surface area (Å²) in [6.45, 7) is 8.64. The van der Waals surface area contributed by atoms with Crippen molar-refractivity contribution in [2.75, 3.05) is 24.6 Å². The molecule has 0 atom stereocenters. The van der Waals surface area contributed by atoms with Gasteiger partial charge < -0.3 is 9.64 Å². The Morgan fingerprint density at radius 2 is 2.21 bits per heavy atom. The van der Waals surface area contributed by atoms with Crippen molar-refractivity contribution in [1.29, 1.82) is 0 Å². The first-order chi connectivity index (χ1) is 9.21. The molecule has 4 nitrogen and oxygen atoms in total. The van der Waals surface area contributed by atoms with E-state index in [0.29, 0.717) is 19.4 Å². The SMILES string of the molecule is CCCCN(CC)c1nc(CCC(=O)OCC)cs1. The number of ether oxygens (including phenoxy) is 1. The Kier molecular flexibility index (Phi) is 7.48. The summed E-state index contributed by atoms with van der Waals surface area (Å²) in [5, 5.41) is 3.11. The monoisotopic (exact) mass is 284 g/mol. The van der Waals surface area contributed by atoms with Gasteiger partial charge in [0.1, 0.15) is 0 Å². The molecule has 0 saturated heterocycles. The van der Waals surface area contributed by atoms with E-state index >= 15 is 0 Å². The minimum atomic E-state index is -0.143. The molecule has 0 unspecified atom stereocenters. The van der Waals surface area contributed by atoms with Gasteiger partial charge in [-0.05, 0) is 20.3 Å². The molecule has 0 aliphatic carbocycles. The van der Waals surface area contributed by atoms with Gasteiger partial charge in [-0.15, -0.1) is 11.3 Å². The molecular formula is C14H24N2O2S. The third-order valence-corrected chi connectivity index (χ3v) is 3.81. The second kappa shape index (κ2) is 8.91. The summed E-state index contributed by atoms with van der Waals surface area (Å²) >= 11 is 1.66. The first-order valence-corrected chi connectivity index (χ1v) is 7.94. The number of nitrogens with zero attached hydrogens (tertiary/aromatic N) is 2. The van der Waals surface area contributed by atoms with Gasteiger partial charge >= 0.3 is 5.97 Å². The van der Waals surface area contributed by atoms with Gasteiger partial charge in [0.2, 0.25) is 0 Å². The van der Waals surface area contributed by atoms with Crippen molar-refractivity contribution in [2.45, 2.75) is 46.5 Å². The lowest BCUT2D eigenvalue weighted by Gasteiger charge is -2.19. The third-order valence-electron chi connectivity index (χ3n) is 2.86. The van der Waals surface area contributed by atoms with Crippen molar-refractivity contribution in [2.24, 2.45) is 0 Å². The summed E-state index contributed by atoms with van der Waals surface area (Å²) in [5.41, 5.74) is 0.989. The van der Waals surface area contributed by atoms with Crippen LogP contribution in [0.15, 0.2) is 5.38 Å². The van der Waals surface area contributed by atoms with Crippen LogP contribution in [0.1, 0.15) is 45.7 Å². The van der Waals surface area contributed by atoms with Crippen LogP contribution in [0.25, 0.3) is 0 Å². The van der Waals surface area contributed by atoms with Crippen LogP contribution < -0.4 is 4.90 Å². The number of hydrogen-bond acceptors (Lipinski definition) is 5. The average molecular weight is 284 g/mol. The molecule has 1 heterocycles. The lowest BCUT2D eigenvalue weighted by atomic mass is 10.2. The van der Waals surface area contributed by atoms with E-state index in [9.17, 15) is 4.79 Å². The zero-order valence-corrected chi connectivity index (χ0v) is 13.0. The van der Waals surface area contributed by atoms with Crippen molar-refractivity contribution >= 4 is 22.4 Å².